The van der Waals surface area contributed by atoms with Crippen molar-refractivity contribution in [2.75, 3.05) is 0 Å². The van der Waals surface area contributed by atoms with Gasteiger partial charge < -0.3 is 16.1 Å². The zero-order valence-corrected chi connectivity index (χ0v) is 5.47. The first-order chi connectivity index (χ1) is 5.15. The number of imide groups is 1. The maximum absolute atomic E-state index is 10.7. The van der Waals surface area contributed by atoms with Crippen LogP contribution in [0.25, 0.3) is 0 Å². The highest BCUT2D eigenvalue weighted by Crippen LogP contribution is 1.92. The van der Waals surface area contributed by atoms with Crippen LogP contribution in [0.1, 0.15) is 0 Å². The zero-order valence-electron chi connectivity index (χ0n) is 5.47. The van der Waals surface area contributed by atoms with Gasteiger partial charge >= 0.3 is 6.03 Å². The van der Waals surface area contributed by atoms with Gasteiger partial charge in [0, 0.05) is 6.21 Å². The van der Waals surface area contributed by atoms with Gasteiger partial charge in [-0.2, -0.15) is 0 Å². The van der Waals surface area contributed by atoms with E-state index >= 15 is 0 Å². The molecule has 58 valence electrons. The zero-order chi connectivity index (χ0) is 8.43. The van der Waals surface area contributed by atoms with Gasteiger partial charge in [0.2, 0.25) is 0 Å². The molecule has 1 atom stereocenters. The van der Waals surface area contributed by atoms with Gasteiger partial charge in [0.25, 0.3) is 5.91 Å². The van der Waals surface area contributed by atoms with Crippen molar-refractivity contribution in [1.82, 2.24) is 10.6 Å². The van der Waals surface area contributed by atoms with Gasteiger partial charge in [-0.3, -0.25) is 10.1 Å². The third-order valence-corrected chi connectivity index (χ3v) is 1.24. The van der Waals surface area contributed by atoms with Crippen LogP contribution in [0, 0.1) is 10.8 Å². The minimum Gasteiger partial charge on any atom is -0.321 e. The molecule has 1 aliphatic rings. The fraction of sp³-hybridized carbons (Fsp3) is 0.200. The Kier molecular flexibility index (Phi) is 1.67. The molecule has 1 heterocycles. The van der Waals surface area contributed by atoms with Crippen LogP contribution in [-0.4, -0.2) is 29.9 Å². The van der Waals surface area contributed by atoms with Gasteiger partial charge in [0.05, 0.1) is 5.71 Å². The van der Waals surface area contributed by atoms with E-state index < -0.39 is 18.0 Å². The average molecular weight is 154 g/mol. The Labute approximate surface area is 62.0 Å². The molecule has 0 aromatic carbocycles. The molecule has 0 radical (unpaired) electrons. The number of urea groups is 1. The molecule has 0 unspecified atom stereocenters. The van der Waals surface area contributed by atoms with Gasteiger partial charge in [-0.05, 0) is 0 Å². The lowest BCUT2D eigenvalue weighted by molar-refractivity contribution is -0.118. The molecular weight excluding hydrogens is 148 g/mol. The van der Waals surface area contributed by atoms with Crippen LogP contribution in [0.4, 0.5) is 4.79 Å². The molecule has 0 aliphatic carbocycles. The number of nitrogens with one attached hydrogen (secondary N) is 4. The van der Waals surface area contributed by atoms with Gasteiger partial charge in [0.1, 0.15) is 0 Å². The minimum atomic E-state index is -0.986. The summed E-state index contributed by atoms with van der Waals surface area (Å²) in [7, 11) is 0. The van der Waals surface area contributed by atoms with E-state index in [2.05, 4.69) is 5.32 Å². The van der Waals surface area contributed by atoms with Crippen molar-refractivity contribution in [3.8, 4) is 0 Å². The van der Waals surface area contributed by atoms with Crippen LogP contribution in [-0.2, 0) is 4.79 Å². The van der Waals surface area contributed by atoms with Crippen molar-refractivity contribution in [2.24, 2.45) is 0 Å². The minimum absolute atomic E-state index is 0.228. The quantitative estimate of drug-likeness (QED) is 0.298. The summed E-state index contributed by atoms with van der Waals surface area (Å²) in [4.78, 5) is 21.2. The lowest BCUT2D eigenvalue weighted by Crippen LogP contribution is -2.37. The van der Waals surface area contributed by atoms with Gasteiger partial charge in [-0.1, -0.05) is 0 Å². The lowest BCUT2D eigenvalue weighted by Gasteiger charge is -2.01. The third-order valence-electron chi connectivity index (χ3n) is 1.24. The molecular formula is C5H6N4O2. The topological polar surface area (TPSA) is 106 Å². The van der Waals surface area contributed by atoms with Crippen LogP contribution in [0.15, 0.2) is 0 Å². The third kappa shape index (κ3) is 1.23. The van der Waals surface area contributed by atoms with E-state index in [0.29, 0.717) is 0 Å². The van der Waals surface area contributed by atoms with Gasteiger partial charge in [-0.15, -0.1) is 0 Å². The van der Waals surface area contributed by atoms with Crippen LogP contribution >= 0.6 is 0 Å². The molecule has 3 amide bonds. The first-order valence-electron chi connectivity index (χ1n) is 2.85. The highest BCUT2D eigenvalue weighted by Gasteiger charge is 2.31. The summed E-state index contributed by atoms with van der Waals surface area (Å²) >= 11 is 0. The lowest BCUT2D eigenvalue weighted by atomic mass is 10.2. The standard InChI is InChI=1S/C5H6N4O2/c6-1-2(7)3-4(10)9-5(11)8-3/h1,3,6-7H,(H2,8,9,10,11)/t3-/m1/s1. The van der Waals surface area contributed by atoms with Crippen molar-refractivity contribution in [1.29, 1.82) is 10.8 Å². The van der Waals surface area contributed by atoms with Crippen molar-refractivity contribution < 1.29 is 9.59 Å². The Morgan fingerprint density at radius 3 is 2.55 bits per heavy atom. The van der Waals surface area contributed by atoms with Crippen LogP contribution < -0.4 is 10.6 Å². The Morgan fingerprint density at radius 1 is 1.55 bits per heavy atom. The maximum Gasteiger partial charge on any atom is 0.322 e. The number of carbonyl (C=O) groups is 2. The smallest absolute Gasteiger partial charge is 0.321 e. The number of hydrogen-bond donors (Lipinski definition) is 4. The molecule has 0 spiro atoms. The largest absolute Gasteiger partial charge is 0.322 e. The van der Waals surface area contributed by atoms with E-state index in [1.165, 1.54) is 0 Å². The number of carbonyl (C=O) groups excluding carboxylic acids is 2. The van der Waals surface area contributed by atoms with Gasteiger partial charge in [-0.25, -0.2) is 4.79 Å². The summed E-state index contributed by atoms with van der Waals surface area (Å²) in [5.41, 5.74) is -0.228. The molecule has 1 saturated heterocycles. The average Bonchev–Trinajstić information content (AvgIpc) is 2.28. The van der Waals surface area contributed by atoms with Crippen LogP contribution in [0.2, 0.25) is 0 Å². The number of hydrogen-bond acceptors (Lipinski definition) is 4. The first-order valence-corrected chi connectivity index (χ1v) is 2.85. The van der Waals surface area contributed by atoms with Crippen LogP contribution in [0.5, 0.6) is 0 Å². The Bertz CT molecular complexity index is 247. The van der Waals surface area contributed by atoms with Crippen molar-refractivity contribution in [3.05, 3.63) is 0 Å². The Balaban J connectivity index is 2.75. The molecule has 1 fully saturated rings. The molecule has 0 aromatic heterocycles. The second-order valence-corrected chi connectivity index (χ2v) is 2.00. The molecule has 1 aliphatic heterocycles. The molecule has 0 bridgehead atoms. The second kappa shape index (κ2) is 2.49. The fourth-order valence-electron chi connectivity index (χ4n) is 0.719. The number of rotatable bonds is 2. The van der Waals surface area contributed by atoms with E-state index in [4.69, 9.17) is 10.8 Å². The predicted octanol–water partition coefficient (Wildman–Crippen LogP) is -1.14. The van der Waals surface area contributed by atoms with Crippen LogP contribution in [0.3, 0.4) is 0 Å². The monoisotopic (exact) mass is 154 g/mol. The fourth-order valence-corrected chi connectivity index (χ4v) is 0.719. The molecule has 6 heteroatoms. The summed E-state index contributed by atoms with van der Waals surface area (Å²) < 4.78 is 0. The van der Waals surface area contributed by atoms with Crippen molar-refractivity contribution in [2.45, 2.75) is 6.04 Å². The normalized spacial score (nSPS) is 22.4. The van der Waals surface area contributed by atoms with E-state index in [0.717, 1.165) is 6.21 Å². The van der Waals surface area contributed by atoms with E-state index in [1.54, 1.807) is 0 Å². The highest BCUT2D eigenvalue weighted by atomic mass is 16.2. The maximum atomic E-state index is 10.7. The summed E-state index contributed by atoms with van der Waals surface area (Å²) in [6, 6.07) is -1.61. The summed E-state index contributed by atoms with van der Waals surface area (Å²) in [6.07, 6.45) is 0.718. The first kappa shape index (κ1) is 7.39. The van der Waals surface area contributed by atoms with E-state index in [1.807, 2.05) is 5.32 Å². The Hall–Kier alpha value is -1.72. The summed E-state index contributed by atoms with van der Waals surface area (Å²) in [6.45, 7) is 0. The second-order valence-electron chi connectivity index (χ2n) is 2.00. The molecule has 4 N–H and O–H groups in total. The SMILES string of the molecule is N=CC(=N)[C@H]1NC(=O)NC1=O. The predicted molar refractivity (Wildman–Crippen MR) is 37.0 cm³/mol. The molecule has 1 rings (SSSR count). The summed E-state index contributed by atoms with van der Waals surface area (Å²) in [5, 5.41) is 17.8. The van der Waals surface area contributed by atoms with Crippen molar-refractivity contribution in [3.63, 3.8) is 0 Å². The molecule has 0 saturated carbocycles. The Morgan fingerprint density at radius 2 is 2.18 bits per heavy atom. The van der Waals surface area contributed by atoms with Crippen molar-refractivity contribution >= 4 is 23.9 Å². The highest BCUT2D eigenvalue weighted by molar-refractivity contribution is 6.38. The number of amides is 3. The summed E-state index contributed by atoms with van der Waals surface area (Å²) in [5.74, 6) is -0.580. The van der Waals surface area contributed by atoms with E-state index in [-0.39, 0.29) is 5.71 Å². The molecule has 0 aromatic rings. The molecule has 11 heavy (non-hydrogen) atoms. The van der Waals surface area contributed by atoms with E-state index in [9.17, 15) is 9.59 Å². The van der Waals surface area contributed by atoms with Gasteiger partial charge in [0.15, 0.2) is 6.04 Å². The molecule has 6 nitrogen and oxygen atoms in total.